The third-order valence-corrected chi connectivity index (χ3v) is 3.81. The molecule has 0 heterocycles. The number of methoxy groups -OCH3 is 2. The first-order valence-corrected chi connectivity index (χ1v) is 7.08. The standard InChI is InChI=1S/C14H22BrNO2/c1-4-10(6-5-7-16)11-8-12(15)14(18-3)9-13(11)17-2/h8-10H,4-7,16H2,1-3H3. The molecule has 1 unspecified atom stereocenters. The van der Waals surface area contributed by atoms with Crippen molar-refractivity contribution in [1.29, 1.82) is 0 Å². The average Bonchev–Trinajstić information content (AvgIpc) is 2.40. The lowest BCUT2D eigenvalue weighted by Crippen LogP contribution is -2.05. The molecule has 1 atom stereocenters. The van der Waals surface area contributed by atoms with Gasteiger partial charge in [-0.25, -0.2) is 0 Å². The van der Waals surface area contributed by atoms with Crippen molar-refractivity contribution in [2.45, 2.75) is 32.1 Å². The third-order valence-electron chi connectivity index (χ3n) is 3.19. The topological polar surface area (TPSA) is 44.5 Å². The summed E-state index contributed by atoms with van der Waals surface area (Å²) in [5.41, 5.74) is 6.82. The zero-order valence-corrected chi connectivity index (χ0v) is 12.9. The number of rotatable bonds is 7. The van der Waals surface area contributed by atoms with Crippen LogP contribution in [-0.2, 0) is 0 Å². The van der Waals surface area contributed by atoms with E-state index >= 15 is 0 Å². The van der Waals surface area contributed by atoms with Gasteiger partial charge in [-0.05, 0) is 59.3 Å². The van der Waals surface area contributed by atoms with Crippen molar-refractivity contribution in [2.75, 3.05) is 20.8 Å². The van der Waals surface area contributed by atoms with E-state index in [1.54, 1.807) is 14.2 Å². The van der Waals surface area contributed by atoms with Gasteiger partial charge >= 0.3 is 0 Å². The van der Waals surface area contributed by atoms with Gasteiger partial charge in [-0.15, -0.1) is 0 Å². The third kappa shape index (κ3) is 3.62. The fourth-order valence-electron chi connectivity index (χ4n) is 2.15. The van der Waals surface area contributed by atoms with E-state index in [4.69, 9.17) is 15.2 Å². The molecule has 0 aromatic heterocycles. The SMILES string of the molecule is CCC(CCCN)c1cc(Br)c(OC)cc1OC. The Bertz CT molecular complexity index is 382. The van der Waals surface area contributed by atoms with Crippen molar-refractivity contribution in [3.8, 4) is 11.5 Å². The number of ether oxygens (including phenoxy) is 2. The maximum atomic E-state index is 5.60. The van der Waals surface area contributed by atoms with Gasteiger partial charge in [-0.1, -0.05) is 6.92 Å². The lowest BCUT2D eigenvalue weighted by atomic mass is 9.91. The Hall–Kier alpha value is -0.740. The van der Waals surface area contributed by atoms with Crippen LogP contribution in [0.25, 0.3) is 0 Å². The normalized spacial score (nSPS) is 12.3. The molecule has 0 saturated heterocycles. The molecule has 0 saturated carbocycles. The van der Waals surface area contributed by atoms with Crippen LogP contribution in [0, 0.1) is 0 Å². The monoisotopic (exact) mass is 315 g/mol. The summed E-state index contributed by atoms with van der Waals surface area (Å²) in [6.07, 6.45) is 3.20. The smallest absolute Gasteiger partial charge is 0.136 e. The number of benzene rings is 1. The van der Waals surface area contributed by atoms with Crippen LogP contribution in [0.2, 0.25) is 0 Å². The van der Waals surface area contributed by atoms with Gasteiger partial charge in [-0.3, -0.25) is 0 Å². The lowest BCUT2D eigenvalue weighted by Gasteiger charge is -2.19. The highest BCUT2D eigenvalue weighted by atomic mass is 79.9. The maximum absolute atomic E-state index is 5.60. The Morgan fingerprint density at radius 1 is 1.22 bits per heavy atom. The minimum absolute atomic E-state index is 0.478. The Morgan fingerprint density at radius 2 is 1.89 bits per heavy atom. The van der Waals surface area contributed by atoms with E-state index in [-0.39, 0.29) is 0 Å². The average molecular weight is 316 g/mol. The Balaban J connectivity index is 3.08. The molecule has 0 aliphatic rings. The summed E-state index contributed by atoms with van der Waals surface area (Å²) in [5, 5.41) is 0. The second kappa shape index (κ2) is 7.64. The second-order valence-corrected chi connectivity index (χ2v) is 5.12. The van der Waals surface area contributed by atoms with E-state index < -0.39 is 0 Å². The largest absolute Gasteiger partial charge is 0.496 e. The van der Waals surface area contributed by atoms with E-state index in [2.05, 4.69) is 28.9 Å². The maximum Gasteiger partial charge on any atom is 0.136 e. The van der Waals surface area contributed by atoms with E-state index in [0.29, 0.717) is 5.92 Å². The van der Waals surface area contributed by atoms with Gasteiger partial charge in [0.25, 0.3) is 0 Å². The fourth-order valence-corrected chi connectivity index (χ4v) is 2.67. The minimum Gasteiger partial charge on any atom is -0.496 e. The summed E-state index contributed by atoms with van der Waals surface area (Å²) in [6.45, 7) is 2.93. The molecule has 0 fully saturated rings. The molecule has 0 radical (unpaired) electrons. The van der Waals surface area contributed by atoms with Gasteiger partial charge in [0.05, 0.1) is 18.7 Å². The molecular weight excluding hydrogens is 294 g/mol. The van der Waals surface area contributed by atoms with Crippen LogP contribution in [0.1, 0.15) is 37.7 Å². The first-order chi connectivity index (χ1) is 8.67. The lowest BCUT2D eigenvalue weighted by molar-refractivity contribution is 0.384. The highest BCUT2D eigenvalue weighted by Crippen LogP contribution is 2.39. The fraction of sp³-hybridized carbons (Fsp3) is 0.571. The highest BCUT2D eigenvalue weighted by molar-refractivity contribution is 9.10. The molecule has 1 aromatic carbocycles. The van der Waals surface area contributed by atoms with Crippen LogP contribution in [-0.4, -0.2) is 20.8 Å². The number of hydrogen-bond donors (Lipinski definition) is 1. The van der Waals surface area contributed by atoms with Crippen molar-refractivity contribution in [2.24, 2.45) is 5.73 Å². The predicted molar refractivity (Wildman–Crippen MR) is 78.6 cm³/mol. The number of nitrogens with two attached hydrogens (primary N) is 1. The Morgan fingerprint density at radius 3 is 2.39 bits per heavy atom. The van der Waals surface area contributed by atoms with E-state index in [0.717, 1.165) is 41.8 Å². The van der Waals surface area contributed by atoms with Crippen molar-refractivity contribution in [1.82, 2.24) is 0 Å². The highest BCUT2D eigenvalue weighted by Gasteiger charge is 2.17. The quantitative estimate of drug-likeness (QED) is 0.834. The molecule has 0 bridgehead atoms. The summed E-state index contributed by atoms with van der Waals surface area (Å²) in [7, 11) is 3.35. The molecule has 0 aliphatic carbocycles. The van der Waals surface area contributed by atoms with Gasteiger partial charge in [0.15, 0.2) is 0 Å². The summed E-state index contributed by atoms with van der Waals surface area (Å²) in [5.74, 6) is 2.16. The van der Waals surface area contributed by atoms with Crippen LogP contribution in [0.15, 0.2) is 16.6 Å². The molecular formula is C14H22BrNO2. The van der Waals surface area contributed by atoms with Crippen LogP contribution < -0.4 is 15.2 Å². The number of halogens is 1. The van der Waals surface area contributed by atoms with E-state index in [1.165, 1.54) is 5.56 Å². The summed E-state index contributed by atoms with van der Waals surface area (Å²) >= 11 is 3.53. The predicted octanol–water partition coefficient (Wildman–Crippen LogP) is 3.70. The molecule has 1 rings (SSSR count). The molecule has 18 heavy (non-hydrogen) atoms. The minimum atomic E-state index is 0.478. The molecule has 0 aliphatic heterocycles. The first-order valence-electron chi connectivity index (χ1n) is 6.29. The van der Waals surface area contributed by atoms with Crippen molar-refractivity contribution in [3.63, 3.8) is 0 Å². The Kier molecular flexibility index (Phi) is 6.50. The molecule has 1 aromatic rings. The van der Waals surface area contributed by atoms with Crippen LogP contribution in [0.5, 0.6) is 11.5 Å². The van der Waals surface area contributed by atoms with Crippen molar-refractivity contribution in [3.05, 3.63) is 22.2 Å². The Labute approximate surface area is 118 Å². The van der Waals surface area contributed by atoms with Crippen molar-refractivity contribution < 1.29 is 9.47 Å². The molecule has 0 amide bonds. The van der Waals surface area contributed by atoms with E-state index in [1.807, 2.05) is 6.07 Å². The van der Waals surface area contributed by atoms with Crippen molar-refractivity contribution >= 4 is 15.9 Å². The van der Waals surface area contributed by atoms with Gasteiger partial charge in [-0.2, -0.15) is 0 Å². The van der Waals surface area contributed by atoms with Crippen LogP contribution in [0.3, 0.4) is 0 Å². The number of hydrogen-bond acceptors (Lipinski definition) is 3. The summed E-state index contributed by atoms with van der Waals surface area (Å²) in [4.78, 5) is 0. The molecule has 4 heteroatoms. The van der Waals surface area contributed by atoms with Crippen LogP contribution in [0.4, 0.5) is 0 Å². The summed E-state index contributed by atoms with van der Waals surface area (Å²) < 4.78 is 11.7. The van der Waals surface area contributed by atoms with Crippen LogP contribution >= 0.6 is 15.9 Å². The summed E-state index contributed by atoms with van der Waals surface area (Å²) in [6, 6.07) is 4.03. The molecule has 102 valence electrons. The zero-order chi connectivity index (χ0) is 13.5. The zero-order valence-electron chi connectivity index (χ0n) is 11.3. The van der Waals surface area contributed by atoms with Gasteiger partial charge < -0.3 is 15.2 Å². The van der Waals surface area contributed by atoms with Gasteiger partial charge in [0.2, 0.25) is 0 Å². The van der Waals surface area contributed by atoms with Gasteiger partial charge in [0, 0.05) is 6.07 Å². The molecule has 2 N–H and O–H groups in total. The van der Waals surface area contributed by atoms with Gasteiger partial charge in [0.1, 0.15) is 11.5 Å². The molecule has 3 nitrogen and oxygen atoms in total. The second-order valence-electron chi connectivity index (χ2n) is 4.26. The molecule has 0 spiro atoms. The van der Waals surface area contributed by atoms with E-state index in [9.17, 15) is 0 Å². The first kappa shape index (κ1) is 15.3.